The first-order valence-electron chi connectivity index (χ1n) is 6.45. The van der Waals surface area contributed by atoms with E-state index in [2.05, 4.69) is 18.3 Å². The summed E-state index contributed by atoms with van der Waals surface area (Å²) in [6.45, 7) is 2.94. The van der Waals surface area contributed by atoms with Crippen molar-refractivity contribution in [2.24, 2.45) is 0 Å². The van der Waals surface area contributed by atoms with Gasteiger partial charge in [-0.25, -0.2) is 0 Å². The maximum absolute atomic E-state index is 12.0. The molecule has 0 spiro atoms. The van der Waals surface area contributed by atoms with Crippen LogP contribution in [0.4, 0.5) is 0 Å². The van der Waals surface area contributed by atoms with Crippen LogP contribution in [0.1, 0.15) is 28.4 Å². The molecule has 1 amide bonds. The Hall–Kier alpha value is -2.23. The summed E-state index contributed by atoms with van der Waals surface area (Å²) >= 11 is 0. The smallest absolute Gasteiger partial charge is 0.252 e. The SMILES string of the molecule is CCc1c2c(cc3c4c(ccc13)OCO4)CNC2=O. The standard InChI is InChI=1S/C15H13NO3/c1-2-9-10-3-4-12-14(19-7-18-12)11(10)5-8-6-16-15(17)13(8)9/h3-5H,2,6-7H2,1H3,(H,16,17). The fraction of sp³-hybridized carbons (Fsp3) is 0.267. The average Bonchev–Trinajstić information content (AvgIpc) is 3.03. The lowest BCUT2D eigenvalue weighted by Gasteiger charge is -2.11. The zero-order valence-electron chi connectivity index (χ0n) is 10.6. The number of aryl methyl sites for hydroxylation is 1. The second kappa shape index (κ2) is 3.63. The molecule has 0 unspecified atom stereocenters. The number of hydrogen-bond donors (Lipinski definition) is 1. The Labute approximate surface area is 110 Å². The molecule has 0 fully saturated rings. The molecule has 19 heavy (non-hydrogen) atoms. The second-order valence-corrected chi connectivity index (χ2v) is 4.82. The molecule has 1 N–H and O–H groups in total. The van der Waals surface area contributed by atoms with E-state index in [0.29, 0.717) is 6.54 Å². The van der Waals surface area contributed by atoms with Crippen LogP contribution in [0.25, 0.3) is 10.8 Å². The number of ether oxygens (including phenoxy) is 2. The number of hydrogen-bond acceptors (Lipinski definition) is 3. The molecule has 0 bridgehead atoms. The van der Waals surface area contributed by atoms with Crippen molar-refractivity contribution in [3.8, 4) is 11.5 Å². The van der Waals surface area contributed by atoms with E-state index >= 15 is 0 Å². The van der Waals surface area contributed by atoms with Gasteiger partial charge in [0.15, 0.2) is 11.5 Å². The number of carbonyl (C=O) groups excluding carboxylic acids is 1. The van der Waals surface area contributed by atoms with Gasteiger partial charge in [0.25, 0.3) is 5.91 Å². The van der Waals surface area contributed by atoms with Crippen molar-refractivity contribution in [2.75, 3.05) is 6.79 Å². The van der Waals surface area contributed by atoms with Gasteiger partial charge in [-0.05, 0) is 35.1 Å². The third kappa shape index (κ3) is 1.31. The third-order valence-corrected chi connectivity index (χ3v) is 3.86. The zero-order chi connectivity index (χ0) is 13.0. The van der Waals surface area contributed by atoms with Crippen LogP contribution >= 0.6 is 0 Å². The average molecular weight is 255 g/mol. The molecule has 0 atom stereocenters. The Bertz CT molecular complexity index is 721. The van der Waals surface area contributed by atoms with Gasteiger partial charge in [-0.15, -0.1) is 0 Å². The molecule has 0 radical (unpaired) electrons. The summed E-state index contributed by atoms with van der Waals surface area (Å²) in [7, 11) is 0. The second-order valence-electron chi connectivity index (χ2n) is 4.82. The minimum absolute atomic E-state index is 0.0337. The number of carbonyl (C=O) groups is 1. The zero-order valence-corrected chi connectivity index (χ0v) is 10.6. The highest BCUT2D eigenvalue weighted by atomic mass is 16.7. The first-order valence-corrected chi connectivity index (χ1v) is 6.45. The van der Waals surface area contributed by atoms with Crippen LogP contribution < -0.4 is 14.8 Å². The first-order chi connectivity index (χ1) is 9.29. The molecule has 2 aromatic rings. The van der Waals surface area contributed by atoms with Crippen LogP contribution in [-0.2, 0) is 13.0 Å². The normalized spacial score (nSPS) is 15.7. The minimum Gasteiger partial charge on any atom is -0.454 e. The Morgan fingerprint density at radius 2 is 2.16 bits per heavy atom. The first kappa shape index (κ1) is 10.7. The van der Waals surface area contributed by atoms with Gasteiger partial charge in [0, 0.05) is 17.5 Å². The predicted molar refractivity (Wildman–Crippen MR) is 70.6 cm³/mol. The highest BCUT2D eigenvalue weighted by Crippen LogP contribution is 2.42. The fourth-order valence-electron chi connectivity index (χ4n) is 3.03. The molecule has 4 rings (SSSR count). The topological polar surface area (TPSA) is 47.6 Å². The molecular formula is C15H13NO3. The van der Waals surface area contributed by atoms with Crippen LogP contribution in [0.2, 0.25) is 0 Å². The van der Waals surface area contributed by atoms with Gasteiger partial charge in [-0.3, -0.25) is 4.79 Å². The van der Waals surface area contributed by atoms with E-state index in [1.165, 1.54) is 0 Å². The van der Waals surface area contributed by atoms with Crippen molar-refractivity contribution in [1.29, 1.82) is 0 Å². The van der Waals surface area contributed by atoms with Gasteiger partial charge >= 0.3 is 0 Å². The molecule has 2 heterocycles. The molecule has 2 aliphatic rings. The number of fused-ring (bicyclic) bond motifs is 4. The molecule has 2 aromatic carbocycles. The lowest BCUT2D eigenvalue weighted by molar-refractivity contribution is 0.0965. The summed E-state index contributed by atoms with van der Waals surface area (Å²) in [6, 6.07) is 5.99. The quantitative estimate of drug-likeness (QED) is 0.851. The molecular weight excluding hydrogens is 242 g/mol. The predicted octanol–water partition coefficient (Wildman–Crippen LogP) is 2.37. The van der Waals surface area contributed by atoms with Crippen molar-refractivity contribution < 1.29 is 14.3 Å². The van der Waals surface area contributed by atoms with Crippen LogP contribution in [0.15, 0.2) is 18.2 Å². The molecule has 4 nitrogen and oxygen atoms in total. The Morgan fingerprint density at radius 1 is 1.26 bits per heavy atom. The van der Waals surface area contributed by atoms with E-state index in [1.807, 2.05) is 12.1 Å². The summed E-state index contributed by atoms with van der Waals surface area (Å²) < 4.78 is 11.0. The van der Waals surface area contributed by atoms with Crippen molar-refractivity contribution in [1.82, 2.24) is 5.32 Å². The van der Waals surface area contributed by atoms with E-state index in [0.717, 1.165) is 45.4 Å². The van der Waals surface area contributed by atoms with E-state index < -0.39 is 0 Å². The summed E-state index contributed by atoms with van der Waals surface area (Å²) in [5.74, 6) is 1.62. The largest absolute Gasteiger partial charge is 0.454 e. The molecule has 96 valence electrons. The number of benzene rings is 2. The molecule has 0 aliphatic carbocycles. The highest BCUT2D eigenvalue weighted by Gasteiger charge is 2.26. The van der Waals surface area contributed by atoms with Crippen LogP contribution in [0.5, 0.6) is 11.5 Å². The maximum Gasteiger partial charge on any atom is 0.252 e. The van der Waals surface area contributed by atoms with Gasteiger partial charge in [-0.1, -0.05) is 13.0 Å². The number of nitrogens with one attached hydrogen (secondary N) is 1. The lowest BCUT2D eigenvalue weighted by Crippen LogP contribution is -2.13. The summed E-state index contributed by atoms with van der Waals surface area (Å²) in [5, 5.41) is 5.02. The van der Waals surface area contributed by atoms with Crippen molar-refractivity contribution in [2.45, 2.75) is 19.9 Å². The maximum atomic E-state index is 12.0. The van der Waals surface area contributed by atoms with Gasteiger partial charge in [0.05, 0.1) is 0 Å². The van der Waals surface area contributed by atoms with Crippen LogP contribution in [-0.4, -0.2) is 12.7 Å². The minimum atomic E-state index is 0.0337. The van der Waals surface area contributed by atoms with Gasteiger partial charge in [0.2, 0.25) is 6.79 Å². The Kier molecular flexibility index (Phi) is 2.04. The van der Waals surface area contributed by atoms with Crippen LogP contribution in [0, 0.1) is 0 Å². The Balaban J connectivity index is 2.13. The van der Waals surface area contributed by atoms with Crippen molar-refractivity contribution >= 4 is 16.7 Å². The lowest BCUT2D eigenvalue weighted by atomic mass is 9.93. The van der Waals surface area contributed by atoms with Gasteiger partial charge < -0.3 is 14.8 Å². The molecule has 0 aromatic heterocycles. The highest BCUT2D eigenvalue weighted by molar-refractivity contribution is 6.06. The van der Waals surface area contributed by atoms with Gasteiger partial charge in [0.1, 0.15) is 0 Å². The Morgan fingerprint density at radius 3 is 3.00 bits per heavy atom. The molecule has 4 heteroatoms. The van der Waals surface area contributed by atoms with Crippen molar-refractivity contribution in [3.05, 3.63) is 34.9 Å². The van der Waals surface area contributed by atoms with Crippen molar-refractivity contribution in [3.63, 3.8) is 0 Å². The molecule has 0 saturated carbocycles. The van der Waals surface area contributed by atoms with Gasteiger partial charge in [-0.2, -0.15) is 0 Å². The fourth-order valence-corrected chi connectivity index (χ4v) is 3.03. The van der Waals surface area contributed by atoms with E-state index in [-0.39, 0.29) is 12.7 Å². The summed E-state index contributed by atoms with van der Waals surface area (Å²) in [4.78, 5) is 12.0. The van der Waals surface area contributed by atoms with E-state index in [4.69, 9.17) is 9.47 Å². The van der Waals surface area contributed by atoms with E-state index in [9.17, 15) is 4.79 Å². The molecule has 0 saturated heterocycles. The van der Waals surface area contributed by atoms with Crippen LogP contribution in [0.3, 0.4) is 0 Å². The number of amides is 1. The van der Waals surface area contributed by atoms with E-state index in [1.54, 1.807) is 0 Å². The third-order valence-electron chi connectivity index (χ3n) is 3.86. The monoisotopic (exact) mass is 255 g/mol. The molecule has 2 aliphatic heterocycles. The summed E-state index contributed by atoms with van der Waals surface area (Å²) in [6.07, 6.45) is 0.826. The number of rotatable bonds is 1. The summed E-state index contributed by atoms with van der Waals surface area (Å²) in [5.41, 5.74) is 2.99.